The van der Waals surface area contributed by atoms with Gasteiger partial charge in [-0.1, -0.05) is 30.3 Å². The van der Waals surface area contributed by atoms with Gasteiger partial charge < -0.3 is 16.0 Å². The zero-order valence-electron chi connectivity index (χ0n) is 9.44. The van der Waals surface area contributed by atoms with Gasteiger partial charge in [0.25, 0.3) is 0 Å². The molecule has 4 nitrogen and oxygen atoms in total. The van der Waals surface area contributed by atoms with E-state index in [1.54, 1.807) is 4.90 Å². The Morgan fingerprint density at radius 1 is 1.44 bits per heavy atom. The fraction of sp³-hybridized carbons (Fsp3) is 0.417. The summed E-state index contributed by atoms with van der Waals surface area (Å²) in [7, 11) is 0. The van der Waals surface area contributed by atoms with E-state index >= 15 is 0 Å². The molecule has 3 N–H and O–H groups in total. The fourth-order valence-electron chi connectivity index (χ4n) is 1.85. The minimum Gasteiger partial charge on any atom is -0.334 e. The number of benzene rings is 1. The number of carbonyl (C=O) groups excluding carboxylic acids is 1. The van der Waals surface area contributed by atoms with Crippen molar-refractivity contribution in [1.29, 1.82) is 0 Å². The number of urea groups is 1. The van der Waals surface area contributed by atoms with E-state index in [-0.39, 0.29) is 11.6 Å². The largest absolute Gasteiger partial charge is 0.334 e. The van der Waals surface area contributed by atoms with Crippen LogP contribution < -0.4 is 11.1 Å². The maximum absolute atomic E-state index is 11.6. The molecule has 1 aliphatic rings. The average Bonchev–Trinajstić information content (AvgIpc) is 2.24. The number of nitrogens with zero attached hydrogens (tertiary/aromatic N) is 1. The van der Waals surface area contributed by atoms with Gasteiger partial charge in [-0.05, 0) is 12.5 Å². The Labute approximate surface area is 95.4 Å². The van der Waals surface area contributed by atoms with E-state index in [2.05, 4.69) is 5.32 Å². The first-order valence-electron chi connectivity index (χ1n) is 5.42. The predicted molar refractivity (Wildman–Crippen MR) is 62.8 cm³/mol. The summed E-state index contributed by atoms with van der Waals surface area (Å²) in [4.78, 5) is 13.4. The van der Waals surface area contributed by atoms with Gasteiger partial charge in [0.05, 0.1) is 0 Å². The van der Waals surface area contributed by atoms with Crippen molar-refractivity contribution in [2.45, 2.75) is 19.0 Å². The van der Waals surface area contributed by atoms with Crippen LogP contribution in [0.25, 0.3) is 0 Å². The summed E-state index contributed by atoms with van der Waals surface area (Å²) in [6, 6.07) is 9.82. The molecule has 0 aliphatic carbocycles. The van der Waals surface area contributed by atoms with E-state index in [1.807, 2.05) is 37.3 Å². The van der Waals surface area contributed by atoms with Gasteiger partial charge in [0.1, 0.15) is 0 Å². The van der Waals surface area contributed by atoms with E-state index in [0.717, 1.165) is 5.56 Å². The summed E-state index contributed by atoms with van der Waals surface area (Å²) >= 11 is 0. The molecule has 0 atom stereocenters. The van der Waals surface area contributed by atoms with Crippen LogP contribution in [0.1, 0.15) is 12.5 Å². The molecule has 0 spiro atoms. The van der Waals surface area contributed by atoms with E-state index in [9.17, 15) is 4.79 Å². The van der Waals surface area contributed by atoms with E-state index in [0.29, 0.717) is 19.6 Å². The van der Waals surface area contributed by atoms with Gasteiger partial charge in [-0.25, -0.2) is 4.79 Å². The van der Waals surface area contributed by atoms with Gasteiger partial charge in [0.2, 0.25) is 0 Å². The van der Waals surface area contributed by atoms with Crippen LogP contribution >= 0.6 is 0 Å². The Bertz CT molecular complexity index is 367. The zero-order valence-corrected chi connectivity index (χ0v) is 9.44. The Morgan fingerprint density at radius 2 is 2.06 bits per heavy atom. The third-order valence-corrected chi connectivity index (χ3v) is 2.68. The lowest BCUT2D eigenvalue weighted by molar-refractivity contribution is 0.107. The molecule has 0 aromatic heterocycles. The lowest BCUT2D eigenvalue weighted by Gasteiger charge is -2.45. The van der Waals surface area contributed by atoms with Crippen LogP contribution in [0.4, 0.5) is 4.79 Å². The van der Waals surface area contributed by atoms with E-state index in [1.165, 1.54) is 0 Å². The number of hydrogen-bond donors (Lipinski definition) is 2. The Balaban J connectivity index is 1.77. The third kappa shape index (κ3) is 2.52. The molecule has 1 saturated heterocycles. The number of rotatable bonds is 2. The van der Waals surface area contributed by atoms with Crippen LogP contribution in [0.2, 0.25) is 0 Å². The van der Waals surface area contributed by atoms with Gasteiger partial charge in [-0.15, -0.1) is 0 Å². The molecule has 2 amide bonds. The van der Waals surface area contributed by atoms with Crippen LogP contribution in [0.3, 0.4) is 0 Å². The van der Waals surface area contributed by atoms with Gasteiger partial charge >= 0.3 is 6.03 Å². The van der Waals surface area contributed by atoms with Crippen LogP contribution in [-0.2, 0) is 6.54 Å². The van der Waals surface area contributed by atoms with E-state index in [4.69, 9.17) is 5.73 Å². The normalized spacial score (nSPS) is 17.8. The highest BCUT2D eigenvalue weighted by Crippen LogP contribution is 2.16. The Kier molecular flexibility index (Phi) is 2.83. The maximum atomic E-state index is 11.6. The van der Waals surface area contributed by atoms with Crippen molar-refractivity contribution < 1.29 is 4.79 Å². The van der Waals surface area contributed by atoms with Crippen LogP contribution in [0.15, 0.2) is 30.3 Å². The van der Waals surface area contributed by atoms with Gasteiger partial charge in [-0.2, -0.15) is 0 Å². The van der Waals surface area contributed by atoms with Gasteiger partial charge in [0.15, 0.2) is 0 Å². The van der Waals surface area contributed by atoms with Crippen molar-refractivity contribution in [3.8, 4) is 0 Å². The Morgan fingerprint density at radius 3 is 2.62 bits per heavy atom. The zero-order chi connectivity index (χ0) is 11.6. The summed E-state index contributed by atoms with van der Waals surface area (Å²) in [5.74, 6) is 0. The number of amides is 2. The molecule has 0 bridgehead atoms. The first-order valence-corrected chi connectivity index (χ1v) is 5.42. The molecule has 0 unspecified atom stereocenters. The quantitative estimate of drug-likeness (QED) is 0.777. The average molecular weight is 219 g/mol. The number of hydrogen-bond acceptors (Lipinski definition) is 2. The van der Waals surface area contributed by atoms with Gasteiger partial charge in [0, 0.05) is 25.2 Å². The second kappa shape index (κ2) is 4.14. The predicted octanol–water partition coefficient (Wildman–Crippen LogP) is 0.929. The SMILES string of the molecule is CC1(N)CN(C(=O)NCc2ccccc2)C1. The Hall–Kier alpha value is -1.55. The molecule has 0 radical (unpaired) electrons. The lowest BCUT2D eigenvalue weighted by Crippen LogP contribution is -2.68. The minimum atomic E-state index is -0.204. The van der Waals surface area contributed by atoms with Crippen molar-refractivity contribution in [2.75, 3.05) is 13.1 Å². The summed E-state index contributed by atoms with van der Waals surface area (Å²) in [5, 5.41) is 2.87. The van der Waals surface area contributed by atoms with Crippen LogP contribution in [0.5, 0.6) is 0 Å². The molecule has 0 saturated carbocycles. The van der Waals surface area contributed by atoms with Gasteiger partial charge in [-0.3, -0.25) is 0 Å². The fourth-order valence-corrected chi connectivity index (χ4v) is 1.85. The summed E-state index contributed by atoms with van der Waals surface area (Å²) in [6.07, 6.45) is 0. The maximum Gasteiger partial charge on any atom is 0.317 e. The number of nitrogens with one attached hydrogen (secondary N) is 1. The molecule has 1 aromatic rings. The topological polar surface area (TPSA) is 58.4 Å². The summed E-state index contributed by atoms with van der Waals surface area (Å²) in [5.41, 5.74) is 6.73. The molecular weight excluding hydrogens is 202 g/mol. The second-order valence-corrected chi connectivity index (χ2v) is 4.65. The van der Waals surface area contributed by atoms with Crippen molar-refractivity contribution >= 4 is 6.03 Å². The van der Waals surface area contributed by atoms with Crippen molar-refractivity contribution in [3.63, 3.8) is 0 Å². The molecule has 4 heteroatoms. The van der Waals surface area contributed by atoms with Crippen LogP contribution in [-0.4, -0.2) is 29.6 Å². The highest BCUT2D eigenvalue weighted by molar-refractivity contribution is 5.75. The highest BCUT2D eigenvalue weighted by atomic mass is 16.2. The molecule has 86 valence electrons. The van der Waals surface area contributed by atoms with Crippen molar-refractivity contribution in [1.82, 2.24) is 10.2 Å². The lowest BCUT2D eigenvalue weighted by atomic mass is 9.94. The minimum absolute atomic E-state index is 0.0354. The standard InChI is InChI=1S/C12H17N3O/c1-12(13)8-15(9-12)11(16)14-7-10-5-3-2-4-6-10/h2-6H,7-9,13H2,1H3,(H,14,16). The van der Waals surface area contributed by atoms with Crippen molar-refractivity contribution in [2.24, 2.45) is 5.73 Å². The summed E-state index contributed by atoms with van der Waals surface area (Å²) < 4.78 is 0. The van der Waals surface area contributed by atoms with Crippen molar-refractivity contribution in [3.05, 3.63) is 35.9 Å². The third-order valence-electron chi connectivity index (χ3n) is 2.68. The molecule has 1 fully saturated rings. The summed E-state index contributed by atoms with van der Waals surface area (Å²) in [6.45, 7) is 3.78. The monoisotopic (exact) mass is 219 g/mol. The first-order chi connectivity index (χ1) is 7.57. The number of carbonyl (C=O) groups is 1. The highest BCUT2D eigenvalue weighted by Gasteiger charge is 2.37. The van der Waals surface area contributed by atoms with E-state index < -0.39 is 0 Å². The number of likely N-dealkylation sites (tertiary alicyclic amines) is 1. The van der Waals surface area contributed by atoms with Crippen LogP contribution in [0, 0.1) is 0 Å². The smallest absolute Gasteiger partial charge is 0.317 e. The molecule has 2 rings (SSSR count). The molecule has 1 heterocycles. The molecule has 1 aromatic carbocycles. The number of nitrogens with two attached hydrogens (primary N) is 1. The first kappa shape index (κ1) is 11.0. The molecule has 1 aliphatic heterocycles. The second-order valence-electron chi connectivity index (χ2n) is 4.65. The molecule has 16 heavy (non-hydrogen) atoms. The molecular formula is C12H17N3O.